The minimum Gasteiger partial charge on any atom is -0.497 e. The second-order valence-corrected chi connectivity index (χ2v) is 6.32. The Morgan fingerprint density at radius 2 is 1.97 bits per heavy atom. The largest absolute Gasteiger partial charge is 0.497 e. The normalized spacial score (nSPS) is 11.0. The molecule has 0 atom stereocenters. The lowest BCUT2D eigenvalue weighted by atomic mass is 10.2. The van der Waals surface area contributed by atoms with Crippen molar-refractivity contribution in [3.8, 4) is 11.5 Å². The van der Waals surface area contributed by atoms with Crippen LogP contribution in [-0.2, 0) is 13.1 Å². The van der Waals surface area contributed by atoms with Gasteiger partial charge in [0.2, 0.25) is 0 Å². The van der Waals surface area contributed by atoms with Crippen LogP contribution in [0.15, 0.2) is 41.5 Å². The average molecular weight is 535 g/mol. The van der Waals surface area contributed by atoms with E-state index in [2.05, 4.69) is 25.3 Å². The highest BCUT2D eigenvalue weighted by atomic mass is 127. The summed E-state index contributed by atoms with van der Waals surface area (Å²) in [5, 5.41) is 6.28. The van der Waals surface area contributed by atoms with E-state index in [1.807, 2.05) is 38.1 Å². The molecule has 1 aromatic heterocycles. The first-order chi connectivity index (χ1) is 13.9. The lowest BCUT2D eigenvalue weighted by Crippen LogP contribution is -2.36. The minimum atomic E-state index is -2.90. The third kappa shape index (κ3) is 8.17. The van der Waals surface area contributed by atoms with E-state index >= 15 is 0 Å². The Kier molecular flexibility index (Phi) is 11.2. The zero-order valence-electron chi connectivity index (χ0n) is 17.5. The number of nitrogens with one attached hydrogen (secondary N) is 2. The molecule has 1 aromatic carbocycles. The number of rotatable bonds is 9. The molecule has 0 bridgehead atoms. The first kappa shape index (κ1) is 25.7. The van der Waals surface area contributed by atoms with Crippen LogP contribution >= 0.6 is 24.0 Å². The molecule has 0 aliphatic heterocycles. The van der Waals surface area contributed by atoms with Gasteiger partial charge in [0.25, 0.3) is 0 Å². The number of ether oxygens (including phenoxy) is 2. The van der Waals surface area contributed by atoms with E-state index in [1.54, 1.807) is 18.3 Å². The second-order valence-electron chi connectivity index (χ2n) is 6.32. The quantitative estimate of drug-likeness (QED) is 0.291. The monoisotopic (exact) mass is 535 g/mol. The summed E-state index contributed by atoms with van der Waals surface area (Å²) in [7, 11) is 5.37. The summed E-state index contributed by atoms with van der Waals surface area (Å²) in [6.45, 7) is 0.386. The number of pyridine rings is 1. The molecule has 10 heteroatoms. The number of aromatic nitrogens is 1. The van der Waals surface area contributed by atoms with Crippen molar-refractivity contribution in [2.75, 3.05) is 32.6 Å². The molecule has 166 valence electrons. The molecule has 0 aliphatic carbocycles. The number of halogens is 3. The topological polar surface area (TPSA) is 71.0 Å². The molecule has 0 spiro atoms. The maximum absolute atomic E-state index is 12.7. The molecule has 0 aliphatic rings. The molecular formula is C20H28F2IN5O2. The van der Waals surface area contributed by atoms with Crippen molar-refractivity contribution < 1.29 is 18.3 Å². The molecule has 0 amide bonds. The fourth-order valence-electron chi connectivity index (χ4n) is 2.53. The summed E-state index contributed by atoms with van der Waals surface area (Å²) in [6.07, 6.45) is 1.74. The third-order valence-corrected chi connectivity index (χ3v) is 3.96. The third-order valence-electron chi connectivity index (χ3n) is 3.96. The van der Waals surface area contributed by atoms with Crippen LogP contribution in [0.25, 0.3) is 0 Å². The van der Waals surface area contributed by atoms with E-state index < -0.39 is 6.61 Å². The summed E-state index contributed by atoms with van der Waals surface area (Å²) in [5.74, 6) is 2.05. The molecule has 1 heterocycles. The van der Waals surface area contributed by atoms with E-state index in [4.69, 9.17) is 4.74 Å². The number of hydrogen-bond donors (Lipinski definition) is 2. The van der Waals surface area contributed by atoms with E-state index in [-0.39, 0.29) is 36.3 Å². The number of aliphatic imine (C=N–C) groups is 1. The first-order valence-corrected chi connectivity index (χ1v) is 9.19. The molecule has 0 saturated heterocycles. The number of hydrogen-bond acceptors (Lipinski definition) is 5. The summed E-state index contributed by atoms with van der Waals surface area (Å²) in [5.41, 5.74) is 1.54. The van der Waals surface area contributed by atoms with Gasteiger partial charge in [-0.15, -0.1) is 24.0 Å². The van der Waals surface area contributed by atoms with Crippen LogP contribution in [0, 0.1) is 0 Å². The molecule has 2 N–H and O–H groups in total. The highest BCUT2D eigenvalue weighted by Gasteiger charge is 2.11. The van der Waals surface area contributed by atoms with Gasteiger partial charge in [0.15, 0.2) is 5.96 Å². The van der Waals surface area contributed by atoms with Crippen molar-refractivity contribution in [2.24, 2.45) is 4.99 Å². The Balaban J connectivity index is 0.00000450. The molecule has 0 unspecified atom stereocenters. The number of guanidine groups is 1. The molecule has 7 nitrogen and oxygen atoms in total. The lowest BCUT2D eigenvalue weighted by molar-refractivity contribution is -0.0504. The summed E-state index contributed by atoms with van der Waals surface area (Å²) in [4.78, 5) is 10.8. The predicted molar refractivity (Wildman–Crippen MR) is 125 cm³/mol. The number of anilines is 1. The Morgan fingerprint density at radius 3 is 2.60 bits per heavy atom. The Bertz CT molecular complexity index is 822. The average Bonchev–Trinajstić information content (AvgIpc) is 2.70. The van der Waals surface area contributed by atoms with Crippen LogP contribution in [0.5, 0.6) is 11.5 Å². The van der Waals surface area contributed by atoms with Gasteiger partial charge in [-0.1, -0.05) is 0 Å². The second kappa shape index (κ2) is 13.0. The van der Waals surface area contributed by atoms with Crippen LogP contribution in [0.1, 0.15) is 18.1 Å². The van der Waals surface area contributed by atoms with Crippen molar-refractivity contribution in [3.63, 3.8) is 0 Å². The van der Waals surface area contributed by atoms with Crippen molar-refractivity contribution in [1.82, 2.24) is 15.6 Å². The van der Waals surface area contributed by atoms with Crippen LogP contribution in [0.3, 0.4) is 0 Å². The number of benzene rings is 1. The van der Waals surface area contributed by atoms with Crippen molar-refractivity contribution in [2.45, 2.75) is 26.6 Å². The highest BCUT2D eigenvalue weighted by molar-refractivity contribution is 14.0. The number of methoxy groups -OCH3 is 1. The van der Waals surface area contributed by atoms with Gasteiger partial charge in [-0.05, 0) is 42.8 Å². The molecule has 0 saturated carbocycles. The SMILES string of the molecule is CCNC(=NCc1ccnc(N(C)C)c1)NCc1cc(OC)ccc1OC(F)F.I. The molecule has 0 fully saturated rings. The first-order valence-electron chi connectivity index (χ1n) is 9.19. The highest BCUT2D eigenvalue weighted by Crippen LogP contribution is 2.25. The maximum atomic E-state index is 12.7. The van der Waals surface area contributed by atoms with Gasteiger partial charge < -0.3 is 25.0 Å². The van der Waals surface area contributed by atoms with E-state index in [0.717, 1.165) is 11.4 Å². The summed E-state index contributed by atoms with van der Waals surface area (Å²) < 4.78 is 35.1. The van der Waals surface area contributed by atoms with Crippen molar-refractivity contribution in [1.29, 1.82) is 0 Å². The van der Waals surface area contributed by atoms with Crippen LogP contribution in [0.2, 0.25) is 0 Å². The predicted octanol–water partition coefficient (Wildman–Crippen LogP) is 3.63. The van der Waals surface area contributed by atoms with Gasteiger partial charge in [-0.25, -0.2) is 9.98 Å². The molecule has 2 rings (SSSR count). The maximum Gasteiger partial charge on any atom is 0.387 e. The Labute approximate surface area is 192 Å². The zero-order valence-corrected chi connectivity index (χ0v) is 19.8. The van der Waals surface area contributed by atoms with Gasteiger partial charge in [0, 0.05) is 38.9 Å². The van der Waals surface area contributed by atoms with Gasteiger partial charge >= 0.3 is 6.61 Å². The lowest BCUT2D eigenvalue weighted by Gasteiger charge is -2.15. The van der Waals surface area contributed by atoms with E-state index in [1.165, 1.54) is 13.2 Å². The Hall–Kier alpha value is -2.37. The van der Waals surface area contributed by atoms with Crippen LogP contribution in [-0.4, -0.2) is 45.3 Å². The summed E-state index contributed by atoms with van der Waals surface area (Å²) >= 11 is 0. The van der Waals surface area contributed by atoms with Crippen LogP contribution in [0.4, 0.5) is 14.6 Å². The van der Waals surface area contributed by atoms with Crippen LogP contribution < -0.4 is 25.0 Å². The fourth-order valence-corrected chi connectivity index (χ4v) is 2.53. The molecule has 0 radical (unpaired) electrons. The standard InChI is InChI=1S/C20H27F2N5O2.HI/c1-5-23-20(25-12-14-8-9-24-18(10-14)27(2)3)26-13-15-11-16(28-4)6-7-17(15)29-19(21)22;/h6-11,19H,5,12-13H2,1-4H3,(H2,23,25,26);1H. The van der Waals surface area contributed by atoms with Gasteiger partial charge in [0.05, 0.1) is 13.7 Å². The summed E-state index contributed by atoms with van der Waals surface area (Å²) in [6, 6.07) is 8.55. The number of nitrogens with zero attached hydrogens (tertiary/aromatic N) is 3. The van der Waals surface area contributed by atoms with Gasteiger partial charge in [-0.3, -0.25) is 0 Å². The van der Waals surface area contributed by atoms with Crippen molar-refractivity contribution in [3.05, 3.63) is 47.7 Å². The zero-order chi connectivity index (χ0) is 21.2. The molecule has 30 heavy (non-hydrogen) atoms. The minimum absolute atomic E-state index is 0. The number of alkyl halides is 2. The van der Waals surface area contributed by atoms with E-state index in [0.29, 0.717) is 30.4 Å². The Morgan fingerprint density at radius 1 is 1.20 bits per heavy atom. The molecule has 2 aromatic rings. The fraction of sp³-hybridized carbons (Fsp3) is 0.400. The smallest absolute Gasteiger partial charge is 0.387 e. The van der Waals surface area contributed by atoms with E-state index in [9.17, 15) is 8.78 Å². The van der Waals surface area contributed by atoms with Gasteiger partial charge in [0.1, 0.15) is 17.3 Å². The molecular weight excluding hydrogens is 507 g/mol. The van der Waals surface area contributed by atoms with Gasteiger partial charge in [-0.2, -0.15) is 8.78 Å². The van der Waals surface area contributed by atoms with Crippen molar-refractivity contribution >= 4 is 35.8 Å².